The van der Waals surface area contributed by atoms with Crippen LogP contribution in [0, 0.1) is 11.6 Å². The summed E-state index contributed by atoms with van der Waals surface area (Å²) >= 11 is 7.17. The molecule has 0 saturated carbocycles. The fourth-order valence-corrected chi connectivity index (χ4v) is 3.19. The second kappa shape index (κ2) is 6.78. The Hall–Kier alpha value is -2.12. The van der Waals surface area contributed by atoms with Gasteiger partial charge in [0.1, 0.15) is 11.6 Å². The molecule has 0 unspecified atom stereocenters. The van der Waals surface area contributed by atoms with Crippen LogP contribution in [0.25, 0.3) is 11.0 Å². The molecule has 3 aromatic rings. The van der Waals surface area contributed by atoms with Crippen molar-refractivity contribution in [2.45, 2.75) is 5.16 Å². The van der Waals surface area contributed by atoms with Crippen LogP contribution in [0.2, 0.25) is 5.02 Å². The molecule has 1 aromatic heterocycles. The zero-order valence-electron chi connectivity index (χ0n) is 12.5. The maximum atomic E-state index is 13.1. The summed E-state index contributed by atoms with van der Waals surface area (Å²) in [5.74, 6) is -1.81. The highest BCUT2D eigenvalue weighted by Gasteiger charge is 2.12. The first-order chi connectivity index (χ1) is 11.4. The molecule has 4 nitrogen and oxygen atoms in total. The molecule has 1 amide bonds. The van der Waals surface area contributed by atoms with Crippen molar-refractivity contribution in [3.63, 3.8) is 0 Å². The van der Waals surface area contributed by atoms with Crippen LogP contribution in [-0.2, 0) is 11.8 Å². The smallest absolute Gasteiger partial charge is 0.234 e. The summed E-state index contributed by atoms with van der Waals surface area (Å²) in [6.07, 6.45) is 0. The molecule has 0 aliphatic heterocycles. The molecule has 1 N–H and O–H groups in total. The number of nitrogens with one attached hydrogen (secondary N) is 1. The zero-order chi connectivity index (χ0) is 17.3. The minimum Gasteiger partial charge on any atom is -0.325 e. The van der Waals surface area contributed by atoms with Crippen LogP contribution in [0.3, 0.4) is 0 Å². The van der Waals surface area contributed by atoms with Crippen LogP contribution in [0.5, 0.6) is 0 Å². The van der Waals surface area contributed by atoms with Crippen LogP contribution in [0.4, 0.5) is 14.5 Å². The van der Waals surface area contributed by atoms with E-state index in [0.29, 0.717) is 10.2 Å². The fraction of sp³-hybridized carbons (Fsp3) is 0.125. The predicted molar refractivity (Wildman–Crippen MR) is 91.4 cm³/mol. The van der Waals surface area contributed by atoms with Gasteiger partial charge in [-0.05, 0) is 30.3 Å². The van der Waals surface area contributed by atoms with Crippen molar-refractivity contribution in [3.05, 3.63) is 53.1 Å². The summed E-state index contributed by atoms with van der Waals surface area (Å²) in [6.45, 7) is 0. The molecular formula is C16H12ClF2N3OS. The van der Waals surface area contributed by atoms with Crippen molar-refractivity contribution in [1.29, 1.82) is 0 Å². The van der Waals surface area contributed by atoms with Crippen molar-refractivity contribution in [2.75, 3.05) is 11.1 Å². The number of fused-ring (bicyclic) bond motifs is 1. The van der Waals surface area contributed by atoms with Gasteiger partial charge in [0, 0.05) is 23.8 Å². The standard InChI is InChI=1S/C16H12ClF2N3OS/c1-22-14-3-2-9(17)4-13(14)21-16(22)24-8-15(23)20-12-6-10(18)5-11(19)7-12/h2-7H,8H2,1H3,(H,20,23). The van der Waals surface area contributed by atoms with Gasteiger partial charge in [0.2, 0.25) is 5.91 Å². The third kappa shape index (κ3) is 3.68. The molecule has 0 radical (unpaired) electrons. The molecule has 0 bridgehead atoms. The summed E-state index contributed by atoms with van der Waals surface area (Å²) in [5, 5.41) is 3.69. The lowest BCUT2D eigenvalue weighted by Gasteiger charge is -2.06. The Morgan fingerprint density at radius 3 is 2.67 bits per heavy atom. The fourth-order valence-electron chi connectivity index (χ4n) is 2.23. The summed E-state index contributed by atoms with van der Waals surface area (Å²) in [6, 6.07) is 8.23. The first-order valence-electron chi connectivity index (χ1n) is 6.93. The molecule has 0 saturated heterocycles. The molecule has 0 atom stereocenters. The number of anilines is 1. The number of hydrogen-bond donors (Lipinski definition) is 1. The molecule has 0 aliphatic rings. The maximum absolute atomic E-state index is 13.1. The van der Waals surface area contributed by atoms with Gasteiger partial charge in [-0.25, -0.2) is 13.8 Å². The van der Waals surface area contributed by atoms with E-state index in [9.17, 15) is 13.6 Å². The summed E-state index contributed by atoms with van der Waals surface area (Å²) in [7, 11) is 1.84. The second-order valence-corrected chi connectivity index (χ2v) is 6.46. The highest BCUT2D eigenvalue weighted by atomic mass is 35.5. The van der Waals surface area contributed by atoms with Gasteiger partial charge in [0.05, 0.1) is 16.8 Å². The molecule has 0 fully saturated rings. The van der Waals surface area contributed by atoms with Crippen LogP contribution in [0.15, 0.2) is 41.6 Å². The number of aryl methyl sites for hydroxylation is 1. The summed E-state index contributed by atoms with van der Waals surface area (Å²) in [5.41, 5.74) is 1.71. The van der Waals surface area contributed by atoms with Crippen LogP contribution >= 0.6 is 23.4 Å². The number of thioether (sulfide) groups is 1. The molecule has 0 aliphatic carbocycles. The van der Waals surface area contributed by atoms with Crippen molar-refractivity contribution in [1.82, 2.24) is 9.55 Å². The van der Waals surface area contributed by atoms with E-state index in [1.807, 2.05) is 17.7 Å². The molecule has 3 rings (SSSR count). The van der Waals surface area contributed by atoms with E-state index in [1.54, 1.807) is 12.1 Å². The van der Waals surface area contributed by atoms with Gasteiger partial charge in [-0.2, -0.15) is 0 Å². The zero-order valence-corrected chi connectivity index (χ0v) is 14.1. The van der Waals surface area contributed by atoms with E-state index in [0.717, 1.165) is 29.2 Å². The Kier molecular flexibility index (Phi) is 4.73. The Labute approximate surface area is 145 Å². The van der Waals surface area contributed by atoms with Gasteiger partial charge in [-0.15, -0.1) is 0 Å². The minimum atomic E-state index is -0.745. The van der Waals surface area contributed by atoms with Gasteiger partial charge in [0.15, 0.2) is 5.16 Å². The Morgan fingerprint density at radius 2 is 1.96 bits per heavy atom. The van der Waals surface area contributed by atoms with Crippen molar-refractivity contribution < 1.29 is 13.6 Å². The summed E-state index contributed by atoms with van der Waals surface area (Å²) < 4.78 is 28.1. The number of amides is 1. The highest BCUT2D eigenvalue weighted by molar-refractivity contribution is 7.99. The van der Waals surface area contributed by atoms with Crippen LogP contribution in [0.1, 0.15) is 0 Å². The van der Waals surface area contributed by atoms with E-state index >= 15 is 0 Å². The quantitative estimate of drug-likeness (QED) is 0.702. The van der Waals surface area contributed by atoms with Gasteiger partial charge in [0.25, 0.3) is 0 Å². The van der Waals surface area contributed by atoms with E-state index in [2.05, 4.69) is 10.3 Å². The van der Waals surface area contributed by atoms with Crippen molar-refractivity contribution in [3.8, 4) is 0 Å². The third-order valence-corrected chi connectivity index (χ3v) is 4.55. The SMILES string of the molecule is Cn1c(SCC(=O)Nc2cc(F)cc(F)c2)nc2cc(Cl)ccc21. The predicted octanol–water partition coefficient (Wildman–Crippen LogP) is 4.24. The number of nitrogens with zero attached hydrogens (tertiary/aromatic N) is 2. The number of carbonyl (C=O) groups excluding carboxylic acids is 1. The maximum Gasteiger partial charge on any atom is 0.234 e. The lowest BCUT2D eigenvalue weighted by Crippen LogP contribution is -2.14. The monoisotopic (exact) mass is 367 g/mol. The van der Waals surface area contributed by atoms with Crippen LogP contribution < -0.4 is 5.32 Å². The molecule has 1 heterocycles. The largest absolute Gasteiger partial charge is 0.325 e. The highest BCUT2D eigenvalue weighted by Crippen LogP contribution is 2.25. The molecule has 8 heteroatoms. The number of benzene rings is 2. The Morgan fingerprint density at radius 1 is 1.25 bits per heavy atom. The molecular weight excluding hydrogens is 356 g/mol. The molecule has 0 spiro atoms. The number of imidazole rings is 1. The average molecular weight is 368 g/mol. The van der Waals surface area contributed by atoms with E-state index in [1.165, 1.54) is 11.8 Å². The lowest BCUT2D eigenvalue weighted by molar-refractivity contribution is -0.113. The van der Waals surface area contributed by atoms with E-state index < -0.39 is 11.6 Å². The first-order valence-corrected chi connectivity index (χ1v) is 8.29. The van der Waals surface area contributed by atoms with Crippen LogP contribution in [-0.4, -0.2) is 21.2 Å². The average Bonchev–Trinajstić information content (AvgIpc) is 2.79. The summed E-state index contributed by atoms with van der Waals surface area (Å²) in [4.78, 5) is 16.4. The Balaban J connectivity index is 1.69. The van der Waals surface area contributed by atoms with Crippen molar-refractivity contribution >= 4 is 46.0 Å². The second-order valence-electron chi connectivity index (χ2n) is 5.08. The topological polar surface area (TPSA) is 46.9 Å². The minimum absolute atomic E-state index is 0.0586. The van der Waals surface area contributed by atoms with E-state index in [-0.39, 0.29) is 17.3 Å². The number of aromatic nitrogens is 2. The van der Waals surface area contributed by atoms with Crippen molar-refractivity contribution in [2.24, 2.45) is 7.05 Å². The molecule has 2 aromatic carbocycles. The first kappa shape index (κ1) is 16.7. The van der Waals surface area contributed by atoms with Gasteiger partial charge < -0.3 is 9.88 Å². The molecule has 124 valence electrons. The third-order valence-electron chi connectivity index (χ3n) is 3.28. The Bertz CT molecular complexity index is 909. The number of hydrogen-bond acceptors (Lipinski definition) is 3. The number of rotatable bonds is 4. The van der Waals surface area contributed by atoms with Gasteiger partial charge >= 0.3 is 0 Å². The number of halogens is 3. The van der Waals surface area contributed by atoms with Gasteiger partial charge in [-0.3, -0.25) is 4.79 Å². The normalized spacial score (nSPS) is 11.0. The van der Waals surface area contributed by atoms with Gasteiger partial charge in [-0.1, -0.05) is 23.4 Å². The lowest BCUT2D eigenvalue weighted by atomic mass is 10.3. The number of carbonyl (C=O) groups is 1. The van der Waals surface area contributed by atoms with E-state index in [4.69, 9.17) is 11.6 Å². The molecule has 24 heavy (non-hydrogen) atoms.